The highest BCUT2D eigenvalue weighted by atomic mass is 16.4. The Balaban J connectivity index is 2.71. The molecule has 6 nitrogen and oxygen atoms in total. The molecular formula is C12H19NO5. The minimum Gasteiger partial charge on any atom is -0.481 e. The van der Waals surface area contributed by atoms with Crippen LogP contribution in [0.4, 0.5) is 0 Å². The molecule has 0 spiro atoms. The lowest BCUT2D eigenvalue weighted by molar-refractivity contribution is -0.159. The van der Waals surface area contributed by atoms with Gasteiger partial charge in [-0.15, -0.1) is 0 Å². The third kappa shape index (κ3) is 3.45. The van der Waals surface area contributed by atoms with Crippen molar-refractivity contribution in [2.24, 2.45) is 17.8 Å². The predicted molar refractivity (Wildman–Crippen MR) is 62.9 cm³/mol. The topological polar surface area (TPSA) is 94.9 Å². The fourth-order valence-corrected chi connectivity index (χ4v) is 2.20. The second-order valence-corrected chi connectivity index (χ2v) is 5.12. The number of carboxylic acids is 2. The summed E-state index contributed by atoms with van der Waals surface area (Å²) in [6.07, 6.45) is 0.570. The minimum atomic E-state index is -1.15. The molecule has 1 fully saturated rings. The summed E-state index contributed by atoms with van der Waals surface area (Å²) in [4.78, 5) is 35.3. The number of likely N-dealkylation sites (tertiary alicyclic amines) is 1. The van der Waals surface area contributed by atoms with Gasteiger partial charge in [-0.25, -0.2) is 0 Å². The van der Waals surface area contributed by atoms with Crippen LogP contribution in [0.5, 0.6) is 0 Å². The molecule has 0 bridgehead atoms. The number of hydrogen-bond donors (Lipinski definition) is 2. The van der Waals surface area contributed by atoms with Crippen LogP contribution in [0.1, 0.15) is 26.7 Å². The van der Waals surface area contributed by atoms with Gasteiger partial charge in [0.2, 0.25) is 5.91 Å². The van der Waals surface area contributed by atoms with E-state index in [4.69, 9.17) is 10.2 Å². The lowest BCUT2D eigenvalue weighted by Crippen LogP contribution is -2.48. The molecule has 1 aliphatic heterocycles. The van der Waals surface area contributed by atoms with E-state index in [2.05, 4.69) is 0 Å². The third-order valence-corrected chi connectivity index (χ3v) is 3.18. The maximum Gasteiger partial charge on any atom is 0.309 e. The second-order valence-electron chi connectivity index (χ2n) is 5.12. The first kappa shape index (κ1) is 14.5. The Bertz CT molecular complexity index is 352. The number of carbonyl (C=O) groups is 3. The minimum absolute atomic E-state index is 0.00213. The third-order valence-electron chi connectivity index (χ3n) is 3.18. The molecule has 18 heavy (non-hydrogen) atoms. The van der Waals surface area contributed by atoms with Crippen molar-refractivity contribution >= 4 is 17.8 Å². The van der Waals surface area contributed by atoms with Gasteiger partial charge in [0, 0.05) is 19.5 Å². The smallest absolute Gasteiger partial charge is 0.309 e. The first-order valence-electron chi connectivity index (χ1n) is 6.06. The van der Waals surface area contributed by atoms with E-state index in [1.165, 1.54) is 4.90 Å². The summed E-state index contributed by atoms with van der Waals surface area (Å²) in [6.45, 7) is 4.15. The van der Waals surface area contributed by atoms with Crippen molar-refractivity contribution in [3.05, 3.63) is 0 Å². The molecule has 1 rings (SSSR count). The van der Waals surface area contributed by atoms with E-state index in [1.807, 2.05) is 13.8 Å². The second kappa shape index (κ2) is 5.84. The molecule has 2 N–H and O–H groups in total. The van der Waals surface area contributed by atoms with Crippen LogP contribution in [0.15, 0.2) is 0 Å². The first-order chi connectivity index (χ1) is 8.32. The number of rotatable bonds is 4. The summed E-state index contributed by atoms with van der Waals surface area (Å²) in [5.74, 6) is -4.04. The van der Waals surface area contributed by atoms with Gasteiger partial charge in [0.15, 0.2) is 0 Å². The summed E-state index contributed by atoms with van der Waals surface area (Å²) >= 11 is 0. The van der Waals surface area contributed by atoms with E-state index in [0.29, 0.717) is 13.0 Å². The molecule has 2 atom stereocenters. The first-order valence-corrected chi connectivity index (χ1v) is 6.06. The van der Waals surface area contributed by atoms with E-state index in [-0.39, 0.29) is 24.8 Å². The van der Waals surface area contributed by atoms with Gasteiger partial charge in [-0.3, -0.25) is 14.4 Å². The molecular weight excluding hydrogens is 238 g/mol. The van der Waals surface area contributed by atoms with Crippen molar-refractivity contribution in [2.45, 2.75) is 26.7 Å². The quantitative estimate of drug-likeness (QED) is 0.771. The molecule has 2 unspecified atom stereocenters. The van der Waals surface area contributed by atoms with E-state index in [9.17, 15) is 14.4 Å². The van der Waals surface area contributed by atoms with Crippen LogP contribution in [0.2, 0.25) is 0 Å². The van der Waals surface area contributed by atoms with Crippen molar-refractivity contribution < 1.29 is 24.6 Å². The normalized spacial score (nSPS) is 24.1. The van der Waals surface area contributed by atoms with E-state index in [0.717, 1.165) is 0 Å². The van der Waals surface area contributed by atoms with Gasteiger partial charge in [0.1, 0.15) is 0 Å². The number of carbonyl (C=O) groups excluding carboxylic acids is 1. The molecule has 0 aromatic rings. The van der Waals surface area contributed by atoms with Gasteiger partial charge in [0.05, 0.1) is 11.8 Å². The predicted octanol–water partition coefficient (Wildman–Crippen LogP) is 0.666. The van der Waals surface area contributed by atoms with Crippen LogP contribution < -0.4 is 0 Å². The van der Waals surface area contributed by atoms with Crippen molar-refractivity contribution in [3.8, 4) is 0 Å². The highest BCUT2D eigenvalue weighted by Gasteiger charge is 2.39. The van der Waals surface area contributed by atoms with Gasteiger partial charge in [-0.05, 0) is 12.3 Å². The average Bonchev–Trinajstić information content (AvgIpc) is 2.26. The van der Waals surface area contributed by atoms with Gasteiger partial charge in [-0.2, -0.15) is 0 Å². The SMILES string of the molecule is CC(C)CC(=O)N1CCC(C(=O)O)C(C(=O)O)C1. The maximum absolute atomic E-state index is 11.8. The number of amides is 1. The van der Waals surface area contributed by atoms with Crippen LogP contribution in [0, 0.1) is 17.8 Å². The fraction of sp³-hybridized carbons (Fsp3) is 0.750. The maximum atomic E-state index is 11.8. The lowest BCUT2D eigenvalue weighted by atomic mass is 9.85. The summed E-state index contributed by atoms with van der Waals surface area (Å²) in [5.41, 5.74) is 0. The van der Waals surface area contributed by atoms with Crippen LogP contribution >= 0.6 is 0 Å². The highest BCUT2D eigenvalue weighted by Crippen LogP contribution is 2.25. The molecule has 0 radical (unpaired) electrons. The highest BCUT2D eigenvalue weighted by molar-refractivity contribution is 5.82. The fourth-order valence-electron chi connectivity index (χ4n) is 2.20. The molecule has 0 saturated carbocycles. The van der Waals surface area contributed by atoms with E-state index < -0.39 is 23.8 Å². The Hall–Kier alpha value is -1.59. The van der Waals surface area contributed by atoms with E-state index >= 15 is 0 Å². The van der Waals surface area contributed by atoms with Crippen LogP contribution in [0.3, 0.4) is 0 Å². The number of piperidine rings is 1. The summed E-state index contributed by atoms with van der Waals surface area (Å²) in [6, 6.07) is 0. The number of hydrogen-bond acceptors (Lipinski definition) is 3. The van der Waals surface area contributed by atoms with Crippen molar-refractivity contribution in [1.82, 2.24) is 4.90 Å². The van der Waals surface area contributed by atoms with E-state index in [1.54, 1.807) is 0 Å². The van der Waals surface area contributed by atoms with Gasteiger partial charge in [-0.1, -0.05) is 13.8 Å². The zero-order chi connectivity index (χ0) is 13.9. The Morgan fingerprint density at radius 3 is 2.17 bits per heavy atom. The Morgan fingerprint density at radius 1 is 1.17 bits per heavy atom. The average molecular weight is 257 g/mol. The Morgan fingerprint density at radius 2 is 1.72 bits per heavy atom. The summed E-state index contributed by atoms with van der Waals surface area (Å²) in [7, 11) is 0. The number of aliphatic carboxylic acids is 2. The van der Waals surface area contributed by atoms with Crippen LogP contribution in [-0.2, 0) is 14.4 Å². The number of carboxylic acid groups (broad SMARTS) is 2. The number of nitrogens with zero attached hydrogens (tertiary/aromatic N) is 1. The molecule has 0 aromatic carbocycles. The summed E-state index contributed by atoms with van der Waals surface area (Å²) < 4.78 is 0. The Labute approximate surface area is 106 Å². The van der Waals surface area contributed by atoms with Gasteiger partial charge >= 0.3 is 11.9 Å². The lowest BCUT2D eigenvalue weighted by Gasteiger charge is -2.34. The Kier molecular flexibility index (Phi) is 4.69. The van der Waals surface area contributed by atoms with Gasteiger partial charge < -0.3 is 15.1 Å². The largest absolute Gasteiger partial charge is 0.481 e. The standard InChI is InChI=1S/C12H19NO5/c1-7(2)5-10(14)13-4-3-8(11(15)16)9(6-13)12(17)18/h7-9H,3-6H2,1-2H3,(H,15,16)(H,17,18). The summed E-state index contributed by atoms with van der Waals surface area (Å²) in [5, 5.41) is 18.0. The van der Waals surface area contributed by atoms with Crippen LogP contribution in [0.25, 0.3) is 0 Å². The molecule has 1 heterocycles. The van der Waals surface area contributed by atoms with Crippen LogP contribution in [-0.4, -0.2) is 46.0 Å². The molecule has 1 amide bonds. The zero-order valence-electron chi connectivity index (χ0n) is 10.6. The van der Waals surface area contributed by atoms with Crippen molar-refractivity contribution in [1.29, 1.82) is 0 Å². The van der Waals surface area contributed by atoms with Crippen molar-refractivity contribution in [2.75, 3.05) is 13.1 Å². The van der Waals surface area contributed by atoms with Crippen molar-refractivity contribution in [3.63, 3.8) is 0 Å². The van der Waals surface area contributed by atoms with Gasteiger partial charge in [0.25, 0.3) is 0 Å². The molecule has 1 saturated heterocycles. The molecule has 6 heteroatoms. The monoisotopic (exact) mass is 257 g/mol. The molecule has 1 aliphatic rings. The molecule has 0 aliphatic carbocycles. The molecule has 102 valence electrons. The molecule has 0 aromatic heterocycles. The zero-order valence-corrected chi connectivity index (χ0v) is 10.6.